The number of halogens is 3. The van der Waals surface area contributed by atoms with Gasteiger partial charge >= 0.3 is 6.18 Å². The Balaban J connectivity index is 1.09. The van der Waals surface area contributed by atoms with Crippen LogP contribution in [-0.4, -0.2) is 59.9 Å². The van der Waals surface area contributed by atoms with Gasteiger partial charge < -0.3 is 15.5 Å². The van der Waals surface area contributed by atoms with Gasteiger partial charge in [-0.3, -0.25) is 9.58 Å². The van der Waals surface area contributed by atoms with E-state index in [4.69, 9.17) is 10.5 Å². The molecule has 0 spiro atoms. The Morgan fingerprint density at radius 3 is 2.73 bits per heavy atom. The molecule has 0 atom stereocenters. The van der Waals surface area contributed by atoms with Crippen molar-refractivity contribution in [1.82, 2.24) is 34.6 Å². The van der Waals surface area contributed by atoms with Crippen LogP contribution in [0.4, 0.5) is 13.2 Å². The average molecular weight is 552 g/mol. The quantitative estimate of drug-likeness (QED) is 0.352. The van der Waals surface area contributed by atoms with Gasteiger partial charge in [0.05, 0.1) is 29.9 Å². The van der Waals surface area contributed by atoms with Crippen molar-refractivity contribution in [3.05, 3.63) is 54.4 Å². The van der Waals surface area contributed by atoms with Gasteiger partial charge in [0.1, 0.15) is 23.8 Å². The van der Waals surface area contributed by atoms with Gasteiger partial charge in [0.2, 0.25) is 5.88 Å². The number of piperidine rings is 1. The van der Waals surface area contributed by atoms with Crippen LogP contribution in [0.2, 0.25) is 0 Å². The van der Waals surface area contributed by atoms with Crippen molar-refractivity contribution in [1.29, 1.82) is 5.26 Å². The van der Waals surface area contributed by atoms with Crippen molar-refractivity contribution < 1.29 is 17.9 Å². The Labute approximate surface area is 228 Å². The predicted octanol–water partition coefficient (Wildman–Crippen LogP) is 4.01. The van der Waals surface area contributed by atoms with E-state index in [1.807, 2.05) is 23.1 Å². The molecular weight excluding hydrogens is 523 g/mol. The number of nitrogens with zero attached hydrogens (tertiary/aromatic N) is 7. The highest BCUT2D eigenvalue weighted by molar-refractivity contribution is 5.90. The summed E-state index contributed by atoms with van der Waals surface area (Å²) in [5, 5.41) is 15.2. The fourth-order valence-electron chi connectivity index (χ4n) is 5.85. The first kappa shape index (κ1) is 26.2. The number of hydrogen-bond donors (Lipinski definition) is 2. The number of pyridine rings is 1. The molecule has 1 aliphatic heterocycles. The van der Waals surface area contributed by atoms with Crippen LogP contribution < -0.4 is 10.5 Å². The van der Waals surface area contributed by atoms with E-state index in [1.165, 1.54) is 12.4 Å². The minimum atomic E-state index is -4.56. The number of fused-ring (bicyclic) bond motifs is 1. The van der Waals surface area contributed by atoms with E-state index >= 15 is 0 Å². The van der Waals surface area contributed by atoms with E-state index in [0.717, 1.165) is 54.3 Å². The number of nitrogens with two attached hydrogens (primary N) is 1. The van der Waals surface area contributed by atoms with Crippen LogP contribution in [-0.2, 0) is 18.3 Å². The Kier molecular flexibility index (Phi) is 6.67. The lowest BCUT2D eigenvalue weighted by Gasteiger charge is -2.52. The van der Waals surface area contributed by atoms with Crippen LogP contribution in [0.15, 0.2) is 43.1 Å². The molecule has 0 radical (unpaired) electrons. The van der Waals surface area contributed by atoms with Crippen molar-refractivity contribution in [3.63, 3.8) is 0 Å². The lowest BCUT2D eigenvalue weighted by molar-refractivity contribution is -0.141. The number of aromatic nitrogens is 6. The van der Waals surface area contributed by atoms with Gasteiger partial charge in [0.25, 0.3) is 0 Å². The second-order valence-electron chi connectivity index (χ2n) is 10.5. The van der Waals surface area contributed by atoms with Crippen LogP contribution in [0.5, 0.6) is 5.88 Å². The van der Waals surface area contributed by atoms with Crippen molar-refractivity contribution in [2.45, 2.75) is 62.5 Å². The topological polar surface area (TPSA) is 135 Å². The lowest BCUT2D eigenvalue weighted by atomic mass is 9.69. The van der Waals surface area contributed by atoms with Gasteiger partial charge in [-0.1, -0.05) is 0 Å². The van der Waals surface area contributed by atoms with E-state index in [-0.39, 0.29) is 24.6 Å². The molecule has 0 aromatic carbocycles. The minimum Gasteiger partial charge on any atom is -0.474 e. The molecule has 1 aliphatic carbocycles. The average Bonchev–Trinajstić information content (AvgIpc) is 3.61. The molecule has 1 saturated carbocycles. The molecule has 10 nitrogen and oxygen atoms in total. The zero-order chi connectivity index (χ0) is 27.9. The number of aromatic amines is 1. The number of alkyl halides is 3. The van der Waals surface area contributed by atoms with Crippen LogP contribution >= 0.6 is 0 Å². The third-order valence-electron chi connectivity index (χ3n) is 8.00. The lowest BCUT2D eigenvalue weighted by Crippen LogP contribution is -2.58. The van der Waals surface area contributed by atoms with Gasteiger partial charge in [-0.15, -0.1) is 0 Å². The van der Waals surface area contributed by atoms with E-state index in [2.05, 4.69) is 36.0 Å². The molecule has 4 aromatic heterocycles. The standard InChI is InChI=1S/C27H28F3N9O/c28-27(29,30)22-9-17(13-32)10-23(37-22)40-20-2-7-38(8-3-20)19-11-26(12-19,4-5-31)39-15-18(14-36-39)24-21-1-6-33-25(21)35-16-34-24/h1,6,9-10,14-16,19-20H,2-4,7-8,11-13,32H2,(H,33,34,35)/t19-,26-. The summed E-state index contributed by atoms with van der Waals surface area (Å²) in [6.07, 6.45) is 5.54. The summed E-state index contributed by atoms with van der Waals surface area (Å²) in [7, 11) is 0. The predicted molar refractivity (Wildman–Crippen MR) is 139 cm³/mol. The van der Waals surface area contributed by atoms with Gasteiger partial charge in [-0.2, -0.15) is 23.5 Å². The minimum absolute atomic E-state index is 0.0280. The molecule has 4 aromatic rings. The summed E-state index contributed by atoms with van der Waals surface area (Å²) in [6.45, 7) is 1.47. The van der Waals surface area contributed by atoms with Crippen LogP contribution in [0.3, 0.4) is 0 Å². The molecule has 40 heavy (non-hydrogen) atoms. The molecule has 0 bridgehead atoms. The molecule has 0 amide bonds. The maximum atomic E-state index is 13.2. The van der Waals surface area contributed by atoms with E-state index < -0.39 is 17.4 Å². The number of H-pyrrole nitrogens is 1. The van der Waals surface area contributed by atoms with E-state index in [1.54, 1.807) is 6.20 Å². The normalized spacial score (nSPS) is 22.2. The summed E-state index contributed by atoms with van der Waals surface area (Å²) in [4.78, 5) is 17.8. The highest BCUT2D eigenvalue weighted by Gasteiger charge is 2.49. The highest BCUT2D eigenvalue weighted by atomic mass is 19.4. The van der Waals surface area contributed by atoms with Gasteiger partial charge in [-0.25, -0.2) is 15.0 Å². The zero-order valence-electron chi connectivity index (χ0n) is 21.6. The number of likely N-dealkylation sites (tertiary alicyclic amines) is 1. The van der Waals surface area contributed by atoms with Crippen molar-refractivity contribution in [2.24, 2.45) is 5.73 Å². The zero-order valence-corrected chi connectivity index (χ0v) is 21.6. The summed E-state index contributed by atoms with van der Waals surface area (Å²) in [5.41, 5.74) is 6.93. The number of hydrogen-bond acceptors (Lipinski definition) is 8. The number of nitrogens with one attached hydrogen (secondary N) is 1. The van der Waals surface area contributed by atoms with Gasteiger partial charge in [-0.05, 0) is 43.4 Å². The summed E-state index contributed by atoms with van der Waals surface area (Å²) in [5.74, 6) is -0.0412. The molecule has 208 valence electrons. The Bertz CT molecular complexity index is 1540. The first-order valence-corrected chi connectivity index (χ1v) is 13.2. The fourth-order valence-corrected chi connectivity index (χ4v) is 5.85. The molecule has 2 fully saturated rings. The maximum absolute atomic E-state index is 13.2. The fraction of sp³-hybridized carbons (Fsp3) is 0.444. The molecule has 3 N–H and O–H groups in total. The first-order valence-electron chi connectivity index (χ1n) is 13.2. The molecule has 1 saturated heterocycles. The maximum Gasteiger partial charge on any atom is 0.433 e. The Morgan fingerprint density at radius 2 is 2.00 bits per heavy atom. The third-order valence-corrected chi connectivity index (χ3v) is 8.00. The number of ether oxygens (including phenoxy) is 1. The second-order valence-corrected chi connectivity index (χ2v) is 10.5. The SMILES string of the molecule is N#CC[C@]1(n2cc(-c3ncnc4[nH]ccc34)cn2)C[C@H](N2CCC(Oc3cc(CN)cc(C(F)(F)F)n3)CC2)C1. The summed E-state index contributed by atoms with van der Waals surface area (Å²) in [6, 6.07) is 6.99. The van der Waals surface area contributed by atoms with E-state index in [0.29, 0.717) is 24.8 Å². The van der Waals surface area contributed by atoms with Crippen molar-refractivity contribution in [3.8, 4) is 23.2 Å². The highest BCUT2D eigenvalue weighted by Crippen LogP contribution is 2.45. The van der Waals surface area contributed by atoms with Crippen LogP contribution in [0.25, 0.3) is 22.3 Å². The summed E-state index contributed by atoms with van der Waals surface area (Å²) >= 11 is 0. The Morgan fingerprint density at radius 1 is 1.20 bits per heavy atom. The number of nitriles is 1. The second kappa shape index (κ2) is 10.2. The molecule has 2 aliphatic rings. The first-order chi connectivity index (χ1) is 19.3. The number of rotatable bonds is 7. The molecule has 6 rings (SSSR count). The monoisotopic (exact) mass is 551 g/mol. The third kappa shape index (κ3) is 4.89. The molecule has 0 unspecified atom stereocenters. The van der Waals surface area contributed by atoms with E-state index in [9.17, 15) is 18.4 Å². The molecule has 13 heteroatoms. The molecule has 5 heterocycles. The Hall–Kier alpha value is -4.02. The van der Waals surface area contributed by atoms with Gasteiger partial charge in [0.15, 0.2) is 0 Å². The van der Waals surface area contributed by atoms with Gasteiger partial charge in [0, 0.05) is 55.1 Å². The van der Waals surface area contributed by atoms with Crippen molar-refractivity contribution in [2.75, 3.05) is 13.1 Å². The smallest absolute Gasteiger partial charge is 0.433 e. The summed E-state index contributed by atoms with van der Waals surface area (Å²) < 4.78 is 47.5. The largest absolute Gasteiger partial charge is 0.474 e. The van der Waals surface area contributed by atoms with Crippen LogP contribution in [0, 0.1) is 11.3 Å². The van der Waals surface area contributed by atoms with Crippen LogP contribution in [0.1, 0.15) is 43.4 Å². The molecular formula is C27H28F3N9O. The van der Waals surface area contributed by atoms with Crippen molar-refractivity contribution >= 4 is 11.0 Å².